The monoisotopic (exact) mass is 534 g/mol. The Labute approximate surface area is 236 Å². The summed E-state index contributed by atoms with van der Waals surface area (Å²) in [4.78, 5) is 13.5. The molecular weight excluding hydrogens is 508 g/mol. The highest BCUT2D eigenvalue weighted by Gasteiger charge is 2.19. The van der Waals surface area contributed by atoms with Gasteiger partial charge in [-0.05, 0) is 77.4 Å². The van der Waals surface area contributed by atoms with Crippen molar-refractivity contribution in [2.24, 2.45) is 0 Å². The van der Waals surface area contributed by atoms with E-state index in [1.807, 2.05) is 68.3 Å². The fraction of sp³-hybridized carbons (Fsp3) is 0.0571. The van der Waals surface area contributed by atoms with Gasteiger partial charge in [-0.15, -0.1) is 11.3 Å². The summed E-state index contributed by atoms with van der Waals surface area (Å²) in [5.74, 6) is 0. The third kappa shape index (κ3) is 3.86. The lowest BCUT2D eigenvalue weighted by molar-refractivity contribution is 1.18. The lowest BCUT2D eigenvalue weighted by atomic mass is 9.99. The van der Waals surface area contributed by atoms with Crippen LogP contribution in [0.1, 0.15) is 13.8 Å². The summed E-state index contributed by atoms with van der Waals surface area (Å²) in [6.45, 7) is 4.00. The van der Waals surface area contributed by atoms with Crippen LogP contribution in [0, 0.1) is 0 Å². The fourth-order valence-electron chi connectivity index (χ4n) is 5.52. The summed E-state index contributed by atoms with van der Waals surface area (Å²) in [7, 11) is 0. The zero-order valence-electron chi connectivity index (χ0n) is 22.2. The van der Waals surface area contributed by atoms with Gasteiger partial charge in [-0.1, -0.05) is 44.2 Å². The molecule has 0 atom stereocenters. The molecule has 0 radical (unpaired) electrons. The molecule has 0 N–H and O–H groups in total. The summed E-state index contributed by atoms with van der Waals surface area (Å²) in [6.07, 6.45) is 9.31. The van der Waals surface area contributed by atoms with Gasteiger partial charge in [0.1, 0.15) is 0 Å². The van der Waals surface area contributed by atoms with Crippen LogP contribution in [0.5, 0.6) is 0 Å². The predicted octanol–water partition coefficient (Wildman–Crippen LogP) is 9.70. The van der Waals surface area contributed by atoms with Gasteiger partial charge >= 0.3 is 0 Å². The normalized spacial score (nSPS) is 11.2. The highest BCUT2D eigenvalue weighted by Crippen LogP contribution is 2.43. The molecule has 0 aliphatic carbocycles. The molecule has 0 bridgehead atoms. The molecule has 0 aliphatic heterocycles. The van der Waals surface area contributed by atoms with Crippen LogP contribution in [0.25, 0.3) is 70.0 Å². The number of pyridine rings is 3. The Balaban J connectivity index is 0.00000130. The minimum Gasteiger partial charge on any atom is -0.308 e. The Hall–Kier alpha value is -4.87. The van der Waals surface area contributed by atoms with Crippen LogP contribution >= 0.6 is 11.3 Å². The molecule has 5 heteroatoms. The van der Waals surface area contributed by atoms with Gasteiger partial charge in [0.2, 0.25) is 0 Å². The fourth-order valence-corrected chi connectivity index (χ4v) is 6.77. The van der Waals surface area contributed by atoms with Crippen LogP contribution in [0.2, 0.25) is 0 Å². The van der Waals surface area contributed by atoms with Crippen molar-refractivity contribution in [2.45, 2.75) is 13.8 Å². The molecule has 0 amide bonds. The number of rotatable bonds is 3. The Morgan fingerprint density at radius 2 is 1.40 bits per heavy atom. The zero-order valence-corrected chi connectivity index (χ0v) is 23.1. The molecule has 0 aliphatic rings. The summed E-state index contributed by atoms with van der Waals surface area (Å²) < 4.78 is 4.93. The Kier molecular flexibility index (Phi) is 6.06. The summed E-state index contributed by atoms with van der Waals surface area (Å²) in [5, 5.41) is 3.78. The number of hydrogen-bond acceptors (Lipinski definition) is 4. The Morgan fingerprint density at radius 3 is 2.23 bits per heavy atom. The van der Waals surface area contributed by atoms with E-state index in [4.69, 9.17) is 4.98 Å². The van der Waals surface area contributed by atoms with Gasteiger partial charge in [0.25, 0.3) is 0 Å². The molecule has 40 heavy (non-hydrogen) atoms. The molecule has 8 rings (SSSR count). The maximum Gasteiger partial charge on any atom is 0.0977 e. The lowest BCUT2D eigenvalue weighted by Gasteiger charge is -2.13. The Bertz CT molecular complexity index is 2070. The van der Waals surface area contributed by atoms with Gasteiger partial charge in [-0.25, -0.2) is 0 Å². The number of fused-ring (bicyclic) bond motifs is 7. The molecule has 4 nitrogen and oxygen atoms in total. The van der Waals surface area contributed by atoms with E-state index in [1.54, 1.807) is 0 Å². The molecule has 5 heterocycles. The van der Waals surface area contributed by atoms with Crippen molar-refractivity contribution < 1.29 is 0 Å². The van der Waals surface area contributed by atoms with Crippen molar-refractivity contribution >= 4 is 53.4 Å². The molecule has 5 aromatic heterocycles. The molecule has 8 aromatic rings. The highest BCUT2D eigenvalue weighted by molar-refractivity contribution is 7.26. The quantitative estimate of drug-likeness (QED) is 0.227. The molecule has 0 saturated heterocycles. The van der Waals surface area contributed by atoms with Gasteiger partial charge in [0.15, 0.2) is 0 Å². The van der Waals surface area contributed by atoms with Crippen LogP contribution in [-0.2, 0) is 0 Å². The minimum atomic E-state index is 1.02. The number of aromatic nitrogens is 4. The first-order valence-electron chi connectivity index (χ1n) is 13.5. The first kappa shape index (κ1) is 24.2. The van der Waals surface area contributed by atoms with Gasteiger partial charge in [-0.3, -0.25) is 15.0 Å². The second kappa shape index (κ2) is 10.0. The third-order valence-electron chi connectivity index (χ3n) is 7.21. The van der Waals surface area contributed by atoms with E-state index >= 15 is 0 Å². The number of benzene rings is 3. The summed E-state index contributed by atoms with van der Waals surface area (Å²) in [6, 6.07) is 32.3. The molecule has 0 fully saturated rings. The van der Waals surface area contributed by atoms with Crippen LogP contribution in [0.3, 0.4) is 0 Å². The molecule has 3 aromatic carbocycles. The van der Waals surface area contributed by atoms with Gasteiger partial charge in [-0.2, -0.15) is 0 Å². The van der Waals surface area contributed by atoms with E-state index < -0.39 is 0 Å². The SMILES string of the molecule is CC.c1cncc(-c2cc(-c3ccncc3)cc(-n3c4cccnc4c4c5sc6ccccc6c5ccc43)c2)c1. The van der Waals surface area contributed by atoms with Gasteiger partial charge in [0.05, 0.1) is 16.6 Å². The van der Waals surface area contributed by atoms with Crippen LogP contribution in [0.4, 0.5) is 0 Å². The summed E-state index contributed by atoms with van der Waals surface area (Å²) >= 11 is 1.85. The van der Waals surface area contributed by atoms with E-state index in [-0.39, 0.29) is 0 Å². The van der Waals surface area contributed by atoms with Gasteiger partial charge in [0, 0.05) is 67.8 Å². The number of nitrogens with zero attached hydrogens (tertiary/aromatic N) is 4. The van der Waals surface area contributed by atoms with Crippen molar-refractivity contribution in [3.63, 3.8) is 0 Å². The molecular formula is C35H26N4S. The van der Waals surface area contributed by atoms with E-state index in [9.17, 15) is 0 Å². The Morgan fingerprint density at radius 1 is 0.600 bits per heavy atom. The third-order valence-corrected chi connectivity index (χ3v) is 8.42. The van der Waals surface area contributed by atoms with E-state index in [1.165, 1.54) is 25.6 Å². The van der Waals surface area contributed by atoms with Crippen molar-refractivity contribution in [1.82, 2.24) is 19.5 Å². The smallest absolute Gasteiger partial charge is 0.0977 e. The van der Waals surface area contributed by atoms with Crippen molar-refractivity contribution in [3.05, 3.63) is 122 Å². The van der Waals surface area contributed by atoms with Crippen LogP contribution < -0.4 is 0 Å². The zero-order chi connectivity index (χ0) is 27.1. The second-order valence-electron chi connectivity index (χ2n) is 9.39. The van der Waals surface area contributed by atoms with Crippen molar-refractivity contribution in [3.8, 4) is 27.9 Å². The lowest BCUT2D eigenvalue weighted by Crippen LogP contribution is -1.96. The number of hydrogen-bond donors (Lipinski definition) is 0. The maximum atomic E-state index is 4.90. The van der Waals surface area contributed by atoms with Gasteiger partial charge < -0.3 is 4.57 Å². The standard InChI is InChI=1S/C33H20N4S.C2H6/c1-2-8-30-26(6-1)27-9-10-28-31(33(27)38-30)32-29(7-4-14-36-32)37(28)25-18-23(21-11-15-34-16-12-21)17-24(19-25)22-5-3-13-35-20-22;1-2/h1-20H;1-2H3. The molecule has 0 spiro atoms. The molecule has 192 valence electrons. The molecule has 0 unspecified atom stereocenters. The van der Waals surface area contributed by atoms with Crippen molar-refractivity contribution in [1.29, 1.82) is 0 Å². The van der Waals surface area contributed by atoms with E-state index in [0.29, 0.717) is 0 Å². The number of thiophene rings is 1. The second-order valence-corrected chi connectivity index (χ2v) is 10.4. The maximum absolute atomic E-state index is 4.90. The van der Waals surface area contributed by atoms with E-state index in [0.717, 1.165) is 44.5 Å². The topological polar surface area (TPSA) is 43.6 Å². The first-order chi connectivity index (χ1) is 19.8. The van der Waals surface area contributed by atoms with Crippen LogP contribution in [-0.4, -0.2) is 19.5 Å². The van der Waals surface area contributed by atoms with E-state index in [2.05, 4.69) is 93.4 Å². The van der Waals surface area contributed by atoms with Crippen molar-refractivity contribution in [2.75, 3.05) is 0 Å². The summed E-state index contributed by atoms with van der Waals surface area (Å²) in [5.41, 5.74) is 8.81. The largest absolute Gasteiger partial charge is 0.308 e. The minimum absolute atomic E-state index is 1.02. The first-order valence-corrected chi connectivity index (χ1v) is 14.3. The highest BCUT2D eigenvalue weighted by atomic mass is 32.1. The predicted molar refractivity (Wildman–Crippen MR) is 169 cm³/mol. The average Bonchev–Trinajstić information content (AvgIpc) is 3.58. The van der Waals surface area contributed by atoms with Crippen LogP contribution in [0.15, 0.2) is 122 Å². The average molecular weight is 535 g/mol. The molecule has 0 saturated carbocycles.